The van der Waals surface area contributed by atoms with Crippen molar-refractivity contribution in [2.45, 2.75) is 42.4 Å². The van der Waals surface area contributed by atoms with Gasteiger partial charge in [0.1, 0.15) is 5.82 Å². The molecule has 0 aliphatic heterocycles. The molecule has 1 fully saturated rings. The lowest BCUT2D eigenvalue weighted by Gasteiger charge is -2.27. The van der Waals surface area contributed by atoms with Gasteiger partial charge in [0.05, 0.1) is 11.0 Å². The number of nitrogens with zero attached hydrogens (tertiary/aromatic N) is 1. The van der Waals surface area contributed by atoms with Gasteiger partial charge in [0.2, 0.25) is 5.92 Å². The van der Waals surface area contributed by atoms with E-state index in [2.05, 4.69) is 9.97 Å². The van der Waals surface area contributed by atoms with Crippen LogP contribution in [0.5, 0.6) is 0 Å². The number of fused-ring (bicyclic) bond motifs is 1. The number of aromatic amines is 1. The zero-order valence-corrected chi connectivity index (χ0v) is 11.1. The zero-order valence-electron chi connectivity index (χ0n) is 10.3. The van der Waals surface area contributed by atoms with Gasteiger partial charge in [-0.3, -0.25) is 5.14 Å². The van der Waals surface area contributed by atoms with Crippen molar-refractivity contribution < 1.29 is 8.78 Å². The Labute approximate surface area is 114 Å². The van der Waals surface area contributed by atoms with Gasteiger partial charge in [0, 0.05) is 23.7 Å². The third-order valence-corrected chi connectivity index (χ3v) is 4.16. The zero-order chi connectivity index (χ0) is 13.5. The number of nitrogens with one attached hydrogen (secondary N) is 1. The van der Waals surface area contributed by atoms with Gasteiger partial charge in [-0.15, -0.1) is 0 Å². The molecule has 0 amide bonds. The Morgan fingerprint density at radius 3 is 3.00 bits per heavy atom. The molecule has 6 heteroatoms. The monoisotopic (exact) mass is 283 g/mol. The van der Waals surface area contributed by atoms with Crippen LogP contribution in [0.4, 0.5) is 8.78 Å². The van der Waals surface area contributed by atoms with Crippen molar-refractivity contribution in [3.63, 3.8) is 0 Å². The minimum Gasteiger partial charge on any atom is -0.342 e. The number of imidazole rings is 1. The van der Waals surface area contributed by atoms with Crippen LogP contribution in [-0.4, -0.2) is 15.9 Å². The Morgan fingerprint density at radius 2 is 2.26 bits per heavy atom. The van der Waals surface area contributed by atoms with E-state index in [1.54, 1.807) is 0 Å². The van der Waals surface area contributed by atoms with Crippen LogP contribution in [0, 0.1) is 0 Å². The summed E-state index contributed by atoms with van der Waals surface area (Å²) < 4.78 is 26.9. The van der Waals surface area contributed by atoms with Gasteiger partial charge in [-0.2, -0.15) is 0 Å². The highest BCUT2D eigenvalue weighted by atomic mass is 32.2. The van der Waals surface area contributed by atoms with Crippen LogP contribution in [0.2, 0.25) is 0 Å². The molecule has 0 spiro atoms. The minimum atomic E-state index is -2.56. The molecule has 0 unspecified atom stereocenters. The summed E-state index contributed by atoms with van der Waals surface area (Å²) in [6.07, 6.45) is 1.22. The number of benzene rings is 1. The van der Waals surface area contributed by atoms with Crippen molar-refractivity contribution in [3.05, 3.63) is 24.0 Å². The number of hydrogen-bond acceptors (Lipinski definition) is 3. The van der Waals surface area contributed by atoms with Crippen molar-refractivity contribution in [1.29, 1.82) is 0 Å². The molecule has 0 radical (unpaired) electrons. The molecular formula is C13H15F2N3S. The average molecular weight is 283 g/mol. The highest BCUT2D eigenvalue weighted by Gasteiger charge is 2.37. The molecule has 1 saturated carbocycles. The Morgan fingerprint density at radius 1 is 1.42 bits per heavy atom. The summed E-state index contributed by atoms with van der Waals surface area (Å²) >= 11 is 1.16. The van der Waals surface area contributed by atoms with Crippen molar-refractivity contribution in [2.75, 3.05) is 0 Å². The molecular weight excluding hydrogens is 268 g/mol. The third-order valence-electron chi connectivity index (χ3n) is 3.63. The van der Waals surface area contributed by atoms with Gasteiger partial charge < -0.3 is 4.98 Å². The van der Waals surface area contributed by atoms with Gasteiger partial charge in [-0.1, -0.05) is 0 Å². The lowest BCUT2D eigenvalue weighted by Crippen LogP contribution is -2.25. The first-order valence-corrected chi connectivity index (χ1v) is 7.19. The number of nitrogens with two attached hydrogens (primary N) is 1. The highest BCUT2D eigenvalue weighted by molar-refractivity contribution is 7.97. The van der Waals surface area contributed by atoms with E-state index in [0.29, 0.717) is 12.2 Å². The largest absolute Gasteiger partial charge is 0.342 e. The van der Waals surface area contributed by atoms with Crippen LogP contribution in [0.3, 0.4) is 0 Å². The number of aromatic nitrogens is 2. The molecule has 3 N–H and O–H groups in total. The minimum absolute atomic E-state index is 0.00229. The average Bonchev–Trinajstić information content (AvgIpc) is 2.80. The van der Waals surface area contributed by atoms with Gasteiger partial charge in [-0.25, -0.2) is 13.8 Å². The number of rotatable bonds is 2. The van der Waals surface area contributed by atoms with Crippen LogP contribution < -0.4 is 5.14 Å². The van der Waals surface area contributed by atoms with E-state index in [9.17, 15) is 8.78 Å². The van der Waals surface area contributed by atoms with Gasteiger partial charge in [-0.05, 0) is 43.0 Å². The molecule has 3 rings (SSSR count). The van der Waals surface area contributed by atoms with Crippen LogP contribution in [0.25, 0.3) is 11.0 Å². The topological polar surface area (TPSA) is 54.7 Å². The van der Waals surface area contributed by atoms with Crippen molar-refractivity contribution >= 4 is 23.0 Å². The normalized spacial score (nSPS) is 22.8. The van der Waals surface area contributed by atoms with E-state index in [1.807, 2.05) is 18.2 Å². The Bertz CT molecular complexity index is 597. The smallest absolute Gasteiger partial charge is 0.248 e. The summed E-state index contributed by atoms with van der Waals surface area (Å²) in [4.78, 5) is 8.53. The number of alkyl halides is 2. The maximum atomic E-state index is 13.5. The molecule has 1 heterocycles. The number of halogens is 2. The van der Waals surface area contributed by atoms with Crippen LogP contribution in [-0.2, 0) is 0 Å². The standard InChI is InChI=1S/C13H15F2N3S/c14-13(15)5-1-2-8(7-13)12-17-10-4-3-9(19-16)6-11(10)18-12/h3-4,6,8H,1-2,5,7,16H2,(H,17,18)/t8-/m0/s1. The predicted molar refractivity (Wildman–Crippen MR) is 72.3 cm³/mol. The first-order valence-electron chi connectivity index (χ1n) is 6.32. The van der Waals surface area contributed by atoms with E-state index < -0.39 is 5.92 Å². The molecule has 3 nitrogen and oxygen atoms in total. The SMILES string of the molecule is NSc1ccc2nc([C@H]3CCCC(F)(F)C3)[nH]c2c1. The van der Waals surface area contributed by atoms with E-state index in [1.165, 1.54) is 0 Å². The van der Waals surface area contributed by atoms with E-state index in [-0.39, 0.29) is 18.8 Å². The van der Waals surface area contributed by atoms with Crippen molar-refractivity contribution in [2.24, 2.45) is 5.14 Å². The van der Waals surface area contributed by atoms with Gasteiger partial charge >= 0.3 is 0 Å². The summed E-state index contributed by atoms with van der Waals surface area (Å²) in [6, 6.07) is 5.65. The van der Waals surface area contributed by atoms with Crippen molar-refractivity contribution in [1.82, 2.24) is 9.97 Å². The number of H-pyrrole nitrogens is 1. The summed E-state index contributed by atoms with van der Waals surface area (Å²) in [6.45, 7) is 0. The lowest BCUT2D eigenvalue weighted by molar-refractivity contribution is -0.0416. The molecule has 1 aliphatic rings. The molecule has 0 bridgehead atoms. The molecule has 19 heavy (non-hydrogen) atoms. The third kappa shape index (κ3) is 2.60. The van der Waals surface area contributed by atoms with E-state index >= 15 is 0 Å². The first-order chi connectivity index (χ1) is 9.07. The molecule has 1 aliphatic carbocycles. The van der Waals surface area contributed by atoms with E-state index in [0.717, 1.165) is 34.3 Å². The molecule has 0 saturated heterocycles. The molecule has 102 valence electrons. The first kappa shape index (κ1) is 12.9. The summed E-state index contributed by atoms with van der Waals surface area (Å²) in [5.74, 6) is -2.06. The van der Waals surface area contributed by atoms with Crippen LogP contribution in [0.1, 0.15) is 37.4 Å². The van der Waals surface area contributed by atoms with Gasteiger partial charge in [0.15, 0.2) is 0 Å². The molecule has 1 aromatic carbocycles. The Hall–Kier alpha value is -1.14. The second-order valence-electron chi connectivity index (χ2n) is 5.07. The maximum Gasteiger partial charge on any atom is 0.248 e. The quantitative estimate of drug-likeness (QED) is 0.824. The maximum absolute atomic E-state index is 13.5. The summed E-state index contributed by atoms with van der Waals surface area (Å²) in [5, 5.41) is 5.51. The summed E-state index contributed by atoms with van der Waals surface area (Å²) in [7, 11) is 0. The van der Waals surface area contributed by atoms with Crippen molar-refractivity contribution in [3.8, 4) is 0 Å². The van der Waals surface area contributed by atoms with E-state index in [4.69, 9.17) is 5.14 Å². The Balaban J connectivity index is 1.92. The van der Waals surface area contributed by atoms with Gasteiger partial charge in [0.25, 0.3) is 0 Å². The molecule has 2 aromatic rings. The van der Waals surface area contributed by atoms with Crippen LogP contribution in [0.15, 0.2) is 23.1 Å². The van der Waals surface area contributed by atoms with Crippen LogP contribution >= 0.6 is 11.9 Å². The highest BCUT2D eigenvalue weighted by Crippen LogP contribution is 2.41. The second-order valence-corrected chi connectivity index (χ2v) is 5.78. The fraction of sp³-hybridized carbons (Fsp3) is 0.462. The number of hydrogen-bond donors (Lipinski definition) is 2. The Kier molecular flexibility index (Phi) is 3.22. The molecule has 1 atom stereocenters. The fourth-order valence-corrected chi connectivity index (χ4v) is 3.01. The lowest BCUT2D eigenvalue weighted by atomic mass is 9.86. The second kappa shape index (κ2) is 4.76. The summed E-state index contributed by atoms with van der Waals surface area (Å²) in [5.41, 5.74) is 1.67. The predicted octanol–water partition coefficient (Wildman–Crippen LogP) is 3.82. The molecule has 1 aromatic heterocycles. The fourth-order valence-electron chi connectivity index (χ4n) is 2.68.